The molecule has 4 heteroatoms. The van der Waals surface area contributed by atoms with Gasteiger partial charge in [0.15, 0.2) is 0 Å². The van der Waals surface area contributed by atoms with Crippen molar-refractivity contribution in [3.63, 3.8) is 0 Å². The van der Waals surface area contributed by atoms with Gasteiger partial charge in [-0.05, 0) is 55.5 Å². The Morgan fingerprint density at radius 1 is 1.15 bits per heavy atom. The number of ether oxygens (including phenoxy) is 1. The first-order valence-electron chi connectivity index (χ1n) is 10.3. The summed E-state index contributed by atoms with van der Waals surface area (Å²) < 4.78 is 11.2. The summed E-state index contributed by atoms with van der Waals surface area (Å²) in [4.78, 5) is 15.0. The molecule has 0 spiro atoms. The number of carbonyl (C=O) groups excluding carboxylic acids is 1. The zero-order valence-electron chi connectivity index (χ0n) is 16.4. The second kappa shape index (κ2) is 10.3. The van der Waals surface area contributed by atoms with E-state index in [9.17, 15) is 4.79 Å². The molecule has 27 heavy (non-hydrogen) atoms. The van der Waals surface area contributed by atoms with E-state index in [-0.39, 0.29) is 12.0 Å². The first-order chi connectivity index (χ1) is 13.3. The number of rotatable bonds is 10. The Kier molecular flexibility index (Phi) is 7.52. The first kappa shape index (κ1) is 19.7. The van der Waals surface area contributed by atoms with Crippen LogP contribution in [0, 0.1) is 0 Å². The lowest BCUT2D eigenvalue weighted by Crippen LogP contribution is -2.36. The highest BCUT2D eigenvalue weighted by molar-refractivity contribution is 5.94. The van der Waals surface area contributed by atoms with Crippen molar-refractivity contribution in [2.24, 2.45) is 0 Å². The fourth-order valence-corrected chi connectivity index (χ4v) is 3.60. The van der Waals surface area contributed by atoms with Crippen LogP contribution >= 0.6 is 0 Å². The molecule has 1 aromatic carbocycles. The third kappa shape index (κ3) is 5.96. The van der Waals surface area contributed by atoms with Crippen LogP contribution in [0.4, 0.5) is 0 Å². The number of benzene rings is 1. The summed E-state index contributed by atoms with van der Waals surface area (Å²) in [6.45, 7) is 4.11. The minimum Gasteiger partial charge on any atom is -0.467 e. The summed E-state index contributed by atoms with van der Waals surface area (Å²) in [5.74, 6) is 0.841. The molecule has 1 aliphatic rings. The molecule has 4 nitrogen and oxygen atoms in total. The van der Waals surface area contributed by atoms with Gasteiger partial charge in [0.25, 0.3) is 5.91 Å². The molecule has 1 unspecified atom stereocenters. The zero-order valence-corrected chi connectivity index (χ0v) is 16.4. The van der Waals surface area contributed by atoms with Gasteiger partial charge in [-0.3, -0.25) is 4.79 Å². The number of nitrogens with zero attached hydrogens (tertiary/aromatic N) is 1. The van der Waals surface area contributed by atoms with Crippen LogP contribution in [-0.4, -0.2) is 30.1 Å². The molecule has 2 aromatic rings. The molecule has 146 valence electrons. The molecule has 1 amide bonds. The van der Waals surface area contributed by atoms with Crippen molar-refractivity contribution in [2.45, 2.75) is 64.5 Å². The Morgan fingerprint density at radius 3 is 2.67 bits per heavy atom. The minimum atomic E-state index is 0.0411. The average Bonchev–Trinajstić information content (AvgIpc) is 3.39. The SMILES string of the molecule is CCCCCCc1ccc(C(=O)N(Cc2ccco2)CC2CCCO2)cc1. The molecule has 1 aromatic heterocycles. The standard InChI is InChI=1S/C23H31NO3/c1-2-3-4-5-8-19-11-13-20(14-12-19)23(25)24(17-21-9-6-15-26-21)18-22-10-7-16-27-22/h6,9,11-15,22H,2-5,7-8,10,16-18H2,1H3. The number of hydrogen-bond donors (Lipinski definition) is 0. The van der Waals surface area contributed by atoms with Gasteiger partial charge in [0.2, 0.25) is 0 Å². The van der Waals surface area contributed by atoms with E-state index in [0.29, 0.717) is 13.1 Å². The van der Waals surface area contributed by atoms with Crippen LogP contribution in [0.1, 0.15) is 67.1 Å². The van der Waals surface area contributed by atoms with E-state index in [2.05, 4.69) is 19.1 Å². The van der Waals surface area contributed by atoms with Gasteiger partial charge < -0.3 is 14.1 Å². The van der Waals surface area contributed by atoms with Crippen molar-refractivity contribution >= 4 is 5.91 Å². The third-order valence-corrected chi connectivity index (χ3v) is 5.18. The molecule has 1 aliphatic heterocycles. The monoisotopic (exact) mass is 369 g/mol. The topological polar surface area (TPSA) is 42.7 Å². The van der Waals surface area contributed by atoms with Crippen molar-refractivity contribution in [3.05, 3.63) is 59.5 Å². The largest absolute Gasteiger partial charge is 0.467 e. The fourth-order valence-electron chi connectivity index (χ4n) is 3.60. The first-order valence-corrected chi connectivity index (χ1v) is 10.3. The lowest BCUT2D eigenvalue weighted by Gasteiger charge is -2.25. The van der Waals surface area contributed by atoms with E-state index in [1.165, 1.54) is 31.2 Å². The van der Waals surface area contributed by atoms with Gasteiger partial charge in [-0.15, -0.1) is 0 Å². The molecule has 0 radical (unpaired) electrons. The number of unbranched alkanes of at least 4 members (excludes halogenated alkanes) is 3. The quantitative estimate of drug-likeness (QED) is 0.539. The van der Waals surface area contributed by atoms with Crippen LogP contribution in [0.2, 0.25) is 0 Å². The van der Waals surface area contributed by atoms with Gasteiger partial charge in [0, 0.05) is 18.7 Å². The van der Waals surface area contributed by atoms with Crippen molar-refractivity contribution in [3.8, 4) is 0 Å². The molecule has 1 saturated heterocycles. The van der Waals surface area contributed by atoms with Crippen molar-refractivity contribution in [1.29, 1.82) is 0 Å². The van der Waals surface area contributed by atoms with E-state index >= 15 is 0 Å². The summed E-state index contributed by atoms with van der Waals surface area (Å²) >= 11 is 0. The third-order valence-electron chi connectivity index (χ3n) is 5.18. The lowest BCUT2D eigenvalue weighted by atomic mass is 10.0. The summed E-state index contributed by atoms with van der Waals surface area (Å²) in [5, 5.41) is 0. The maximum Gasteiger partial charge on any atom is 0.254 e. The number of amides is 1. The van der Waals surface area contributed by atoms with E-state index in [1.807, 2.05) is 29.2 Å². The highest BCUT2D eigenvalue weighted by Gasteiger charge is 2.24. The summed E-state index contributed by atoms with van der Waals surface area (Å²) in [5.41, 5.74) is 2.04. The molecule has 0 N–H and O–H groups in total. The van der Waals surface area contributed by atoms with Gasteiger partial charge in [-0.25, -0.2) is 0 Å². The van der Waals surface area contributed by atoms with Crippen LogP contribution in [-0.2, 0) is 17.7 Å². The molecule has 3 rings (SSSR count). The number of aryl methyl sites for hydroxylation is 1. The fraction of sp³-hybridized carbons (Fsp3) is 0.522. The van der Waals surface area contributed by atoms with Crippen LogP contribution in [0.5, 0.6) is 0 Å². The van der Waals surface area contributed by atoms with E-state index in [0.717, 1.165) is 37.2 Å². The molecule has 0 bridgehead atoms. The lowest BCUT2D eigenvalue weighted by molar-refractivity contribution is 0.0491. The summed E-state index contributed by atoms with van der Waals surface area (Å²) in [6, 6.07) is 11.9. The molecule has 0 saturated carbocycles. The average molecular weight is 370 g/mol. The Hall–Kier alpha value is -2.07. The number of carbonyl (C=O) groups is 1. The normalized spacial score (nSPS) is 16.6. The van der Waals surface area contributed by atoms with Crippen LogP contribution < -0.4 is 0 Å². The second-order valence-corrected chi connectivity index (χ2v) is 7.41. The van der Waals surface area contributed by atoms with Crippen molar-refractivity contribution in [2.75, 3.05) is 13.2 Å². The van der Waals surface area contributed by atoms with Gasteiger partial charge in [0.1, 0.15) is 5.76 Å². The maximum absolute atomic E-state index is 13.1. The molecular weight excluding hydrogens is 338 g/mol. The second-order valence-electron chi connectivity index (χ2n) is 7.41. The zero-order chi connectivity index (χ0) is 18.9. The van der Waals surface area contributed by atoms with Gasteiger partial charge >= 0.3 is 0 Å². The predicted octanol–water partition coefficient (Wildman–Crippen LogP) is 5.22. The Labute approximate surface area is 162 Å². The predicted molar refractivity (Wildman–Crippen MR) is 107 cm³/mol. The van der Waals surface area contributed by atoms with Gasteiger partial charge in [-0.2, -0.15) is 0 Å². The van der Waals surface area contributed by atoms with E-state index in [1.54, 1.807) is 6.26 Å². The minimum absolute atomic E-state index is 0.0411. The maximum atomic E-state index is 13.1. The van der Waals surface area contributed by atoms with E-state index < -0.39 is 0 Å². The molecule has 1 atom stereocenters. The summed E-state index contributed by atoms with van der Waals surface area (Å²) in [6.07, 6.45) is 9.98. The Bertz CT molecular complexity index is 672. The van der Waals surface area contributed by atoms with Crippen LogP contribution in [0.25, 0.3) is 0 Å². The summed E-state index contributed by atoms with van der Waals surface area (Å²) in [7, 11) is 0. The smallest absolute Gasteiger partial charge is 0.254 e. The van der Waals surface area contributed by atoms with Gasteiger partial charge in [0.05, 0.1) is 18.9 Å². The van der Waals surface area contributed by atoms with Crippen LogP contribution in [0.15, 0.2) is 47.1 Å². The highest BCUT2D eigenvalue weighted by atomic mass is 16.5. The number of furan rings is 1. The Balaban J connectivity index is 1.63. The van der Waals surface area contributed by atoms with Crippen LogP contribution in [0.3, 0.4) is 0 Å². The van der Waals surface area contributed by atoms with Crippen molar-refractivity contribution < 1.29 is 13.9 Å². The molecule has 2 heterocycles. The van der Waals surface area contributed by atoms with Gasteiger partial charge in [-0.1, -0.05) is 38.3 Å². The molecule has 1 fully saturated rings. The van der Waals surface area contributed by atoms with E-state index in [4.69, 9.17) is 9.15 Å². The highest BCUT2D eigenvalue weighted by Crippen LogP contribution is 2.18. The molecule has 0 aliphatic carbocycles. The Morgan fingerprint density at radius 2 is 2.00 bits per heavy atom. The molecular formula is C23H31NO3. The number of hydrogen-bond acceptors (Lipinski definition) is 3. The van der Waals surface area contributed by atoms with Crippen molar-refractivity contribution in [1.82, 2.24) is 4.90 Å².